The van der Waals surface area contributed by atoms with Crippen molar-refractivity contribution in [1.29, 1.82) is 0 Å². The van der Waals surface area contributed by atoms with Crippen LogP contribution in [0.25, 0.3) is 0 Å². The highest BCUT2D eigenvalue weighted by molar-refractivity contribution is 7.14. The number of hydrogen-bond donors (Lipinski definition) is 2. The van der Waals surface area contributed by atoms with Crippen LogP contribution < -0.4 is 10.2 Å². The van der Waals surface area contributed by atoms with Crippen LogP contribution in [0.15, 0.2) is 23.6 Å². The standard InChI is InChI=1S/C16H11ClF3N3O4S/c17-10-2-1-7(3-9(10)16(18,19)20)21-11-5-12(24)23(14(11)27)15-22-8(6-28-15)4-13(25)26/h1-3,6,11,21H,4-5H2,(H,25,26). The molecule has 3 rings (SSSR count). The quantitative estimate of drug-likeness (QED) is 0.702. The van der Waals surface area contributed by atoms with E-state index in [2.05, 4.69) is 10.3 Å². The van der Waals surface area contributed by atoms with Crippen LogP contribution in [0.1, 0.15) is 17.7 Å². The van der Waals surface area contributed by atoms with E-state index in [0.717, 1.165) is 28.4 Å². The summed E-state index contributed by atoms with van der Waals surface area (Å²) in [6.07, 6.45) is -5.31. The molecule has 28 heavy (non-hydrogen) atoms. The summed E-state index contributed by atoms with van der Waals surface area (Å²) in [4.78, 5) is 40.2. The van der Waals surface area contributed by atoms with Crippen LogP contribution in [0.3, 0.4) is 0 Å². The summed E-state index contributed by atoms with van der Waals surface area (Å²) in [5.74, 6) is -2.40. The first-order valence-corrected chi connectivity index (χ1v) is 8.98. The molecule has 1 saturated heterocycles. The molecule has 0 saturated carbocycles. The van der Waals surface area contributed by atoms with Gasteiger partial charge in [-0.25, -0.2) is 9.88 Å². The number of aromatic nitrogens is 1. The second-order valence-electron chi connectivity index (χ2n) is 5.85. The van der Waals surface area contributed by atoms with E-state index in [0.29, 0.717) is 0 Å². The average Bonchev–Trinajstić information content (AvgIpc) is 3.12. The summed E-state index contributed by atoms with van der Waals surface area (Å²) in [6.45, 7) is 0. The molecule has 148 valence electrons. The Hall–Kier alpha value is -2.66. The molecule has 2 N–H and O–H groups in total. The second kappa shape index (κ2) is 7.40. The van der Waals surface area contributed by atoms with Gasteiger partial charge in [0.1, 0.15) is 6.04 Å². The molecule has 0 bridgehead atoms. The maximum atomic E-state index is 13.0. The van der Waals surface area contributed by atoms with Crippen LogP contribution in [-0.2, 0) is 27.0 Å². The Morgan fingerprint density at radius 1 is 1.39 bits per heavy atom. The van der Waals surface area contributed by atoms with E-state index in [9.17, 15) is 27.6 Å². The second-order valence-corrected chi connectivity index (χ2v) is 7.10. The molecule has 1 aromatic heterocycles. The maximum Gasteiger partial charge on any atom is 0.417 e. The number of imide groups is 1. The van der Waals surface area contributed by atoms with Gasteiger partial charge in [0.25, 0.3) is 5.91 Å². The van der Waals surface area contributed by atoms with Gasteiger partial charge in [-0.1, -0.05) is 11.6 Å². The minimum Gasteiger partial charge on any atom is -0.481 e. The lowest BCUT2D eigenvalue weighted by Crippen LogP contribution is -2.34. The van der Waals surface area contributed by atoms with E-state index < -0.39 is 40.6 Å². The van der Waals surface area contributed by atoms with Crippen molar-refractivity contribution in [3.63, 3.8) is 0 Å². The molecule has 1 aliphatic heterocycles. The number of carboxylic acid groups (broad SMARTS) is 1. The van der Waals surface area contributed by atoms with Crippen molar-refractivity contribution in [2.45, 2.75) is 25.1 Å². The number of carbonyl (C=O) groups is 3. The highest BCUT2D eigenvalue weighted by Gasteiger charge is 2.41. The largest absolute Gasteiger partial charge is 0.481 e. The minimum absolute atomic E-state index is 0.0163. The number of alkyl halides is 3. The Kier molecular flexibility index (Phi) is 5.31. The highest BCUT2D eigenvalue weighted by atomic mass is 35.5. The van der Waals surface area contributed by atoms with Crippen LogP contribution in [0, 0.1) is 0 Å². The predicted octanol–water partition coefficient (Wildman–Crippen LogP) is 3.19. The molecule has 0 aliphatic carbocycles. The number of amides is 2. The zero-order valence-electron chi connectivity index (χ0n) is 13.8. The molecule has 12 heteroatoms. The normalized spacial score (nSPS) is 17.3. The molecule has 1 aliphatic rings. The first kappa shape index (κ1) is 20.1. The van der Waals surface area contributed by atoms with Crippen molar-refractivity contribution in [3.05, 3.63) is 39.9 Å². The third-order valence-corrected chi connectivity index (χ3v) is 5.03. The Labute approximate surface area is 164 Å². The number of thiazole rings is 1. The Morgan fingerprint density at radius 3 is 2.75 bits per heavy atom. The number of carboxylic acids is 1. The molecular weight excluding hydrogens is 423 g/mol. The molecule has 1 unspecified atom stereocenters. The molecule has 1 aromatic carbocycles. The van der Waals surface area contributed by atoms with Crippen LogP contribution in [-0.4, -0.2) is 33.9 Å². The van der Waals surface area contributed by atoms with Gasteiger partial charge in [-0.2, -0.15) is 13.2 Å². The topological polar surface area (TPSA) is 99.6 Å². The lowest BCUT2D eigenvalue weighted by Gasteiger charge is -2.16. The Balaban J connectivity index is 1.79. The van der Waals surface area contributed by atoms with Gasteiger partial charge in [0.15, 0.2) is 5.13 Å². The van der Waals surface area contributed by atoms with Crippen molar-refractivity contribution < 1.29 is 32.7 Å². The summed E-state index contributed by atoms with van der Waals surface area (Å²) in [5.41, 5.74) is -0.890. The molecule has 7 nitrogen and oxygen atoms in total. The zero-order valence-corrected chi connectivity index (χ0v) is 15.4. The SMILES string of the molecule is O=C(O)Cc1csc(N2C(=O)CC(Nc3ccc(Cl)c(C(F)(F)F)c3)C2=O)n1. The number of rotatable bonds is 5. The Bertz CT molecular complexity index is 963. The van der Waals surface area contributed by atoms with E-state index in [4.69, 9.17) is 16.7 Å². The van der Waals surface area contributed by atoms with Gasteiger partial charge in [0.05, 0.1) is 29.1 Å². The van der Waals surface area contributed by atoms with Gasteiger partial charge in [0, 0.05) is 11.1 Å². The fourth-order valence-electron chi connectivity index (χ4n) is 2.61. The van der Waals surface area contributed by atoms with Gasteiger partial charge in [-0.3, -0.25) is 14.4 Å². The molecule has 2 aromatic rings. The maximum absolute atomic E-state index is 13.0. The first-order chi connectivity index (χ1) is 13.1. The summed E-state index contributed by atoms with van der Waals surface area (Å²) < 4.78 is 38.9. The van der Waals surface area contributed by atoms with Crippen LogP contribution >= 0.6 is 22.9 Å². The first-order valence-electron chi connectivity index (χ1n) is 7.72. The van der Waals surface area contributed by atoms with Gasteiger partial charge >= 0.3 is 12.1 Å². The zero-order chi connectivity index (χ0) is 20.6. The molecule has 0 spiro atoms. The fourth-order valence-corrected chi connectivity index (χ4v) is 3.68. The lowest BCUT2D eigenvalue weighted by atomic mass is 10.1. The van der Waals surface area contributed by atoms with Gasteiger partial charge in [-0.05, 0) is 18.2 Å². The predicted molar refractivity (Wildman–Crippen MR) is 94.4 cm³/mol. The van der Waals surface area contributed by atoms with Gasteiger partial charge in [0.2, 0.25) is 5.91 Å². The van der Waals surface area contributed by atoms with Crippen molar-refractivity contribution in [2.24, 2.45) is 0 Å². The lowest BCUT2D eigenvalue weighted by molar-refractivity contribution is -0.138. The molecule has 2 heterocycles. The number of anilines is 2. The van der Waals surface area contributed by atoms with E-state index in [1.54, 1.807) is 0 Å². The number of aliphatic carboxylic acids is 1. The summed E-state index contributed by atoms with van der Waals surface area (Å²) >= 11 is 6.49. The van der Waals surface area contributed by atoms with E-state index in [1.807, 2.05) is 0 Å². The number of nitrogens with zero attached hydrogens (tertiary/aromatic N) is 2. The van der Waals surface area contributed by atoms with Crippen molar-refractivity contribution in [2.75, 3.05) is 10.2 Å². The molecule has 2 amide bonds. The third-order valence-electron chi connectivity index (χ3n) is 3.82. The molecule has 0 radical (unpaired) electrons. The van der Waals surface area contributed by atoms with Gasteiger partial charge in [-0.15, -0.1) is 11.3 Å². The average molecular weight is 434 g/mol. The van der Waals surface area contributed by atoms with E-state index in [-0.39, 0.29) is 29.4 Å². The van der Waals surface area contributed by atoms with Crippen molar-refractivity contribution in [3.8, 4) is 0 Å². The number of nitrogens with one attached hydrogen (secondary N) is 1. The fraction of sp³-hybridized carbons (Fsp3) is 0.250. The number of carbonyl (C=O) groups excluding carboxylic acids is 2. The Morgan fingerprint density at radius 2 is 2.11 bits per heavy atom. The van der Waals surface area contributed by atoms with Crippen LogP contribution in [0.4, 0.5) is 24.0 Å². The number of hydrogen-bond acceptors (Lipinski definition) is 6. The number of halogens is 4. The monoisotopic (exact) mass is 433 g/mol. The van der Waals surface area contributed by atoms with Crippen molar-refractivity contribution in [1.82, 2.24) is 4.98 Å². The van der Waals surface area contributed by atoms with Crippen LogP contribution in [0.5, 0.6) is 0 Å². The van der Waals surface area contributed by atoms with Gasteiger partial charge < -0.3 is 10.4 Å². The molecule has 1 fully saturated rings. The third kappa shape index (κ3) is 4.09. The summed E-state index contributed by atoms with van der Waals surface area (Å²) in [6, 6.07) is 2.00. The highest BCUT2D eigenvalue weighted by Crippen LogP contribution is 2.37. The summed E-state index contributed by atoms with van der Waals surface area (Å²) in [5, 5.41) is 12.3. The smallest absolute Gasteiger partial charge is 0.417 e. The summed E-state index contributed by atoms with van der Waals surface area (Å²) in [7, 11) is 0. The van der Waals surface area contributed by atoms with E-state index >= 15 is 0 Å². The number of benzene rings is 1. The van der Waals surface area contributed by atoms with Crippen molar-refractivity contribution >= 4 is 51.5 Å². The molecular formula is C16H11ClF3N3O4S. The molecule has 1 atom stereocenters. The van der Waals surface area contributed by atoms with Crippen LogP contribution in [0.2, 0.25) is 5.02 Å². The van der Waals surface area contributed by atoms with E-state index in [1.165, 1.54) is 11.4 Å². The minimum atomic E-state index is -4.67.